The van der Waals surface area contributed by atoms with Crippen molar-refractivity contribution in [3.8, 4) is 0 Å². The zero-order valence-corrected chi connectivity index (χ0v) is 27.0. The molecule has 4 heteroatoms. The normalized spacial score (nSPS) is 17.5. The third-order valence-electron chi connectivity index (χ3n) is 7.68. The van der Waals surface area contributed by atoms with Crippen molar-refractivity contribution in [3.63, 3.8) is 0 Å². The lowest BCUT2D eigenvalue weighted by Crippen LogP contribution is -2.21. The minimum Gasteiger partial charge on any atom is -0.481 e. The topological polar surface area (TPSA) is 63.6 Å². The van der Waals surface area contributed by atoms with Crippen LogP contribution >= 0.6 is 0 Å². The zero-order valence-electron chi connectivity index (χ0n) is 27.0. The van der Waals surface area contributed by atoms with Gasteiger partial charge in [0.1, 0.15) is 0 Å². The third kappa shape index (κ3) is 20.0. The Morgan fingerprint density at radius 3 is 2.00 bits per heavy atom. The Kier molecular flexibility index (Phi) is 18.8. The van der Waals surface area contributed by atoms with Crippen LogP contribution in [0.4, 0.5) is 0 Å². The summed E-state index contributed by atoms with van der Waals surface area (Å²) in [6, 6.07) is 0. The fourth-order valence-corrected chi connectivity index (χ4v) is 5.28. The number of esters is 1. The molecular weight excluding hydrogens is 508 g/mol. The Labute approximate surface area is 251 Å². The first-order valence-corrected chi connectivity index (χ1v) is 15.8. The summed E-state index contributed by atoms with van der Waals surface area (Å²) in [5.74, 6) is -0.630. The van der Waals surface area contributed by atoms with Gasteiger partial charge < -0.3 is 9.84 Å². The quantitative estimate of drug-likeness (QED) is 0.118. The number of hydrogen-bond donors (Lipinski definition) is 1. The fourth-order valence-electron chi connectivity index (χ4n) is 5.28. The average molecular weight is 567 g/mol. The Hall–Kier alpha value is -2.62. The lowest BCUT2D eigenvalue weighted by molar-refractivity contribution is -0.148. The number of carboxylic acid groups (broad SMARTS) is 1. The maximum atomic E-state index is 12.0. The van der Waals surface area contributed by atoms with Gasteiger partial charge in [-0.3, -0.25) is 9.59 Å². The number of rotatable bonds is 20. The molecule has 1 aliphatic carbocycles. The van der Waals surface area contributed by atoms with Crippen molar-refractivity contribution in [2.75, 3.05) is 6.61 Å². The predicted octanol–water partition coefficient (Wildman–Crippen LogP) is 10.6. The van der Waals surface area contributed by atoms with Crippen LogP contribution in [-0.4, -0.2) is 23.7 Å². The van der Waals surface area contributed by atoms with Crippen LogP contribution in [0.3, 0.4) is 0 Å². The van der Waals surface area contributed by atoms with Crippen molar-refractivity contribution in [1.82, 2.24) is 0 Å². The van der Waals surface area contributed by atoms with Crippen molar-refractivity contribution in [3.05, 3.63) is 70.4 Å². The van der Waals surface area contributed by atoms with Gasteiger partial charge in [0, 0.05) is 0 Å². The number of allylic oxidation sites excluding steroid dienone is 11. The number of aliphatic carboxylic acids is 1. The minimum atomic E-state index is -0.969. The van der Waals surface area contributed by atoms with Crippen molar-refractivity contribution in [2.24, 2.45) is 11.8 Å². The number of carboxylic acids is 1. The van der Waals surface area contributed by atoms with Crippen LogP contribution in [0.1, 0.15) is 131 Å². The van der Waals surface area contributed by atoms with Gasteiger partial charge >= 0.3 is 11.9 Å². The van der Waals surface area contributed by atoms with Crippen LogP contribution in [0.5, 0.6) is 0 Å². The number of carbonyl (C=O) groups is 2. The molecule has 0 amide bonds. The molecule has 0 aromatic heterocycles. The highest BCUT2D eigenvalue weighted by Gasteiger charge is 2.24. The summed E-state index contributed by atoms with van der Waals surface area (Å²) in [6.45, 7) is 17.8. The molecule has 0 bridgehead atoms. The molecule has 0 aromatic carbocycles. The molecule has 0 saturated heterocycles. The second kappa shape index (κ2) is 21.1. The highest BCUT2D eigenvalue weighted by molar-refractivity contribution is 5.76. The molecule has 1 aliphatic rings. The minimum absolute atomic E-state index is 0.0618. The van der Waals surface area contributed by atoms with Crippen LogP contribution in [0.2, 0.25) is 0 Å². The Balaban J connectivity index is 2.66. The summed E-state index contributed by atoms with van der Waals surface area (Å²) >= 11 is 0. The Morgan fingerprint density at radius 1 is 0.829 bits per heavy atom. The largest absolute Gasteiger partial charge is 0.481 e. The molecule has 4 nitrogen and oxygen atoms in total. The van der Waals surface area contributed by atoms with Crippen molar-refractivity contribution in [2.45, 2.75) is 131 Å². The van der Waals surface area contributed by atoms with Gasteiger partial charge in [-0.1, -0.05) is 70.4 Å². The van der Waals surface area contributed by atoms with E-state index in [0.717, 1.165) is 77.0 Å². The van der Waals surface area contributed by atoms with Gasteiger partial charge in [0.25, 0.3) is 0 Å². The highest BCUT2D eigenvalue weighted by atomic mass is 16.5. The van der Waals surface area contributed by atoms with Crippen LogP contribution in [-0.2, 0) is 14.3 Å². The first kappa shape index (κ1) is 36.4. The van der Waals surface area contributed by atoms with Gasteiger partial charge in [0.15, 0.2) is 0 Å². The molecule has 0 fully saturated rings. The molecule has 0 aromatic rings. The molecule has 0 unspecified atom stereocenters. The predicted molar refractivity (Wildman–Crippen MR) is 174 cm³/mol. The zero-order chi connectivity index (χ0) is 30.6. The van der Waals surface area contributed by atoms with E-state index in [9.17, 15) is 9.59 Å². The molecule has 0 aliphatic heterocycles. The lowest BCUT2D eigenvalue weighted by atomic mass is 9.79. The first-order chi connectivity index (χ1) is 19.4. The molecule has 0 radical (unpaired) electrons. The van der Waals surface area contributed by atoms with Gasteiger partial charge in [-0.2, -0.15) is 0 Å². The van der Waals surface area contributed by atoms with Crippen LogP contribution in [0, 0.1) is 11.8 Å². The summed E-state index contributed by atoms with van der Waals surface area (Å²) in [4.78, 5) is 22.8. The average Bonchev–Trinajstić information content (AvgIpc) is 2.89. The summed E-state index contributed by atoms with van der Waals surface area (Å²) in [5, 5.41) is 8.84. The number of ether oxygens (including phenoxy) is 1. The maximum Gasteiger partial charge on any atom is 0.306 e. The molecule has 1 rings (SSSR count). The van der Waals surface area contributed by atoms with Gasteiger partial charge in [-0.05, 0) is 130 Å². The molecule has 1 N–H and O–H groups in total. The van der Waals surface area contributed by atoms with Gasteiger partial charge in [-0.25, -0.2) is 0 Å². The SMILES string of the molecule is C=C(CC/C=C(\C)CCC=C(C)C)CC[C@H]1C=C(CC/C=C(\C)CCC=C(C)C)C[C@H](COC(=O)CCC(=O)O)C1. The summed E-state index contributed by atoms with van der Waals surface area (Å²) < 4.78 is 5.50. The first-order valence-electron chi connectivity index (χ1n) is 15.8. The van der Waals surface area contributed by atoms with Gasteiger partial charge in [-0.15, -0.1) is 0 Å². The van der Waals surface area contributed by atoms with Crippen LogP contribution in [0.25, 0.3) is 0 Å². The summed E-state index contributed by atoms with van der Waals surface area (Å²) in [5.41, 5.74) is 8.42. The van der Waals surface area contributed by atoms with Crippen molar-refractivity contribution < 1.29 is 19.4 Å². The van der Waals surface area contributed by atoms with Gasteiger partial charge in [0.2, 0.25) is 0 Å². The molecule has 0 saturated carbocycles. The van der Waals surface area contributed by atoms with E-state index in [1.807, 2.05) is 0 Å². The van der Waals surface area contributed by atoms with E-state index >= 15 is 0 Å². The molecule has 0 spiro atoms. The lowest BCUT2D eigenvalue weighted by Gasteiger charge is -2.29. The molecular formula is C37H58O4. The molecule has 2 atom stereocenters. The number of carbonyl (C=O) groups excluding carboxylic acids is 1. The molecule has 41 heavy (non-hydrogen) atoms. The molecule has 0 heterocycles. The smallest absolute Gasteiger partial charge is 0.306 e. The highest BCUT2D eigenvalue weighted by Crippen LogP contribution is 2.34. The van der Waals surface area contributed by atoms with E-state index in [4.69, 9.17) is 9.84 Å². The van der Waals surface area contributed by atoms with Crippen molar-refractivity contribution in [1.29, 1.82) is 0 Å². The van der Waals surface area contributed by atoms with E-state index in [1.165, 1.54) is 33.4 Å². The maximum absolute atomic E-state index is 12.0. The Bertz CT molecular complexity index is 980. The van der Waals surface area contributed by atoms with Crippen molar-refractivity contribution >= 4 is 11.9 Å². The van der Waals surface area contributed by atoms with E-state index in [0.29, 0.717) is 12.5 Å². The molecule has 230 valence electrons. The summed E-state index contributed by atoms with van der Waals surface area (Å²) in [6.07, 6.45) is 24.2. The second-order valence-corrected chi connectivity index (χ2v) is 12.6. The fraction of sp³-hybridized carbons (Fsp3) is 0.622. The number of hydrogen-bond acceptors (Lipinski definition) is 3. The summed E-state index contributed by atoms with van der Waals surface area (Å²) in [7, 11) is 0. The van der Waals surface area contributed by atoms with E-state index in [1.54, 1.807) is 0 Å². The van der Waals surface area contributed by atoms with E-state index in [2.05, 4.69) is 78.5 Å². The van der Waals surface area contributed by atoms with E-state index < -0.39 is 11.9 Å². The second-order valence-electron chi connectivity index (χ2n) is 12.6. The standard InChI is InChI=1S/C37H58O4/c1-28(2)12-8-14-30(5)16-10-17-32(7)20-21-34-24-33(19-11-18-31(6)15-9-13-29(3)4)25-35(26-34)27-41-37(40)23-22-36(38)39/h12-13,16,18,24,34-35H,7-11,14-15,17,19-23,25-27H2,1-6H3,(H,38,39)/b30-16+,31-18+/t34-,35-/m0/s1. The van der Waals surface area contributed by atoms with Gasteiger partial charge in [0.05, 0.1) is 19.4 Å². The van der Waals surface area contributed by atoms with Crippen LogP contribution < -0.4 is 0 Å². The Morgan fingerprint density at radius 2 is 1.41 bits per heavy atom. The van der Waals surface area contributed by atoms with E-state index in [-0.39, 0.29) is 18.8 Å². The van der Waals surface area contributed by atoms with Crippen LogP contribution in [0.15, 0.2) is 70.4 Å². The third-order valence-corrected chi connectivity index (χ3v) is 7.68. The monoisotopic (exact) mass is 566 g/mol.